The highest BCUT2D eigenvalue weighted by Crippen LogP contribution is 2.39. The number of ether oxygens (including phenoxy) is 1. The Labute approximate surface area is 107 Å². The summed E-state index contributed by atoms with van der Waals surface area (Å²) >= 11 is 0. The number of hydrogen-bond donors (Lipinski definition) is 1. The second kappa shape index (κ2) is 4.46. The monoisotopic (exact) mass is 239 g/mol. The maximum Gasteiger partial charge on any atom is 0.126 e. The van der Waals surface area contributed by atoms with Gasteiger partial charge in [-0.05, 0) is 18.6 Å². The van der Waals surface area contributed by atoms with Gasteiger partial charge in [-0.3, -0.25) is 0 Å². The quantitative estimate of drug-likeness (QED) is 0.826. The fraction of sp³-hybridized carbons (Fsp3) is 0.250. The van der Waals surface area contributed by atoms with Crippen LogP contribution in [0.15, 0.2) is 48.5 Å². The maximum absolute atomic E-state index is 6.23. The topological polar surface area (TPSA) is 35.2 Å². The van der Waals surface area contributed by atoms with Crippen LogP contribution in [0.3, 0.4) is 0 Å². The first-order chi connectivity index (χ1) is 8.74. The molecule has 3 rings (SSSR count). The van der Waals surface area contributed by atoms with Crippen LogP contribution in [0.5, 0.6) is 5.75 Å². The number of nitrogens with two attached hydrogens (primary N) is 1. The molecule has 2 nitrogen and oxygen atoms in total. The van der Waals surface area contributed by atoms with E-state index in [0.29, 0.717) is 0 Å². The molecule has 92 valence electrons. The van der Waals surface area contributed by atoms with Crippen LogP contribution in [-0.2, 0) is 0 Å². The summed E-state index contributed by atoms with van der Waals surface area (Å²) in [5.41, 5.74) is 9.81. The van der Waals surface area contributed by atoms with Crippen molar-refractivity contribution in [2.24, 2.45) is 5.73 Å². The zero-order valence-electron chi connectivity index (χ0n) is 10.5. The van der Waals surface area contributed by atoms with Gasteiger partial charge in [0, 0.05) is 18.0 Å². The minimum Gasteiger partial charge on any atom is -0.485 e. The number of aryl methyl sites for hydroxylation is 1. The first kappa shape index (κ1) is 11.3. The molecule has 1 aliphatic heterocycles. The van der Waals surface area contributed by atoms with E-state index < -0.39 is 0 Å². The third-order valence-corrected chi connectivity index (χ3v) is 3.47. The normalized spacial score (nSPS) is 22.1. The van der Waals surface area contributed by atoms with E-state index in [1.807, 2.05) is 24.3 Å². The summed E-state index contributed by atoms with van der Waals surface area (Å²) in [4.78, 5) is 0. The summed E-state index contributed by atoms with van der Waals surface area (Å²) in [5, 5.41) is 0. The smallest absolute Gasteiger partial charge is 0.126 e. The van der Waals surface area contributed by atoms with E-state index in [1.165, 1.54) is 11.1 Å². The van der Waals surface area contributed by atoms with Gasteiger partial charge in [0.05, 0.1) is 0 Å². The molecule has 1 unspecified atom stereocenters. The van der Waals surface area contributed by atoms with Crippen LogP contribution in [0.25, 0.3) is 0 Å². The highest BCUT2D eigenvalue weighted by Gasteiger charge is 2.26. The lowest BCUT2D eigenvalue weighted by atomic mass is 9.93. The average Bonchev–Trinajstić information content (AvgIpc) is 2.39. The molecular weight excluding hydrogens is 222 g/mol. The molecule has 2 atom stereocenters. The fourth-order valence-electron chi connectivity index (χ4n) is 2.53. The molecule has 1 aliphatic rings. The molecule has 18 heavy (non-hydrogen) atoms. The van der Waals surface area contributed by atoms with E-state index in [1.54, 1.807) is 0 Å². The van der Waals surface area contributed by atoms with Crippen molar-refractivity contribution in [1.82, 2.24) is 0 Å². The van der Waals surface area contributed by atoms with Gasteiger partial charge in [-0.25, -0.2) is 0 Å². The van der Waals surface area contributed by atoms with Gasteiger partial charge in [-0.2, -0.15) is 0 Å². The predicted octanol–water partition coefficient (Wildman–Crippen LogP) is 3.52. The lowest BCUT2D eigenvalue weighted by Crippen LogP contribution is -2.24. The first-order valence-electron chi connectivity index (χ1n) is 6.32. The highest BCUT2D eigenvalue weighted by molar-refractivity contribution is 5.39. The Morgan fingerprint density at radius 1 is 1.11 bits per heavy atom. The molecule has 2 N–H and O–H groups in total. The van der Waals surface area contributed by atoms with E-state index >= 15 is 0 Å². The second-order valence-electron chi connectivity index (χ2n) is 4.90. The van der Waals surface area contributed by atoms with Crippen molar-refractivity contribution >= 4 is 0 Å². The second-order valence-corrected chi connectivity index (χ2v) is 4.90. The van der Waals surface area contributed by atoms with Crippen LogP contribution in [0, 0.1) is 6.92 Å². The molecule has 0 aromatic heterocycles. The molecule has 2 aromatic rings. The summed E-state index contributed by atoms with van der Waals surface area (Å²) < 4.78 is 6.06. The molecule has 0 spiro atoms. The van der Waals surface area contributed by atoms with E-state index in [0.717, 1.165) is 17.7 Å². The zero-order chi connectivity index (χ0) is 12.5. The van der Waals surface area contributed by atoms with Gasteiger partial charge in [0.1, 0.15) is 11.9 Å². The van der Waals surface area contributed by atoms with Gasteiger partial charge in [-0.1, -0.05) is 48.0 Å². The Morgan fingerprint density at radius 2 is 1.94 bits per heavy atom. The highest BCUT2D eigenvalue weighted by atomic mass is 16.5. The van der Waals surface area contributed by atoms with Gasteiger partial charge in [-0.15, -0.1) is 0 Å². The third-order valence-electron chi connectivity index (χ3n) is 3.47. The van der Waals surface area contributed by atoms with Crippen LogP contribution in [0.2, 0.25) is 0 Å². The van der Waals surface area contributed by atoms with Crippen molar-refractivity contribution in [3.8, 4) is 5.75 Å². The van der Waals surface area contributed by atoms with Gasteiger partial charge in [0.25, 0.3) is 0 Å². The first-order valence-corrected chi connectivity index (χ1v) is 6.32. The lowest BCUT2D eigenvalue weighted by Gasteiger charge is -2.30. The van der Waals surface area contributed by atoms with Gasteiger partial charge >= 0.3 is 0 Å². The molecule has 0 aliphatic carbocycles. The summed E-state index contributed by atoms with van der Waals surface area (Å²) in [6, 6.07) is 16.5. The summed E-state index contributed by atoms with van der Waals surface area (Å²) in [6.45, 7) is 2.10. The van der Waals surface area contributed by atoms with Gasteiger partial charge in [0.15, 0.2) is 0 Å². The van der Waals surface area contributed by atoms with Crippen LogP contribution < -0.4 is 10.5 Å². The molecule has 0 radical (unpaired) electrons. The predicted molar refractivity (Wildman–Crippen MR) is 72.5 cm³/mol. The Balaban J connectivity index is 1.94. The van der Waals surface area contributed by atoms with E-state index in [2.05, 4.69) is 31.2 Å². The van der Waals surface area contributed by atoms with Crippen LogP contribution in [0.4, 0.5) is 0 Å². The van der Waals surface area contributed by atoms with Gasteiger partial charge in [0.2, 0.25) is 0 Å². The lowest BCUT2D eigenvalue weighted by molar-refractivity contribution is 0.161. The Bertz CT molecular complexity index is 565. The van der Waals surface area contributed by atoms with Crippen molar-refractivity contribution in [3.05, 3.63) is 65.2 Å². The summed E-state index contributed by atoms with van der Waals surface area (Å²) in [5.74, 6) is 0.919. The molecule has 0 bridgehead atoms. The van der Waals surface area contributed by atoms with Crippen molar-refractivity contribution in [3.63, 3.8) is 0 Å². The third kappa shape index (κ3) is 2.00. The van der Waals surface area contributed by atoms with E-state index in [4.69, 9.17) is 10.5 Å². The Kier molecular flexibility index (Phi) is 2.80. The maximum atomic E-state index is 6.23. The fourth-order valence-corrected chi connectivity index (χ4v) is 2.53. The number of rotatable bonds is 1. The largest absolute Gasteiger partial charge is 0.485 e. The summed E-state index contributed by atoms with van der Waals surface area (Å²) in [6.07, 6.45) is 0.898. The minimum absolute atomic E-state index is 0.0560. The molecule has 0 saturated heterocycles. The molecule has 2 aromatic carbocycles. The number of hydrogen-bond acceptors (Lipinski definition) is 2. The molecule has 1 heterocycles. The van der Waals surface area contributed by atoms with Crippen molar-refractivity contribution in [2.45, 2.75) is 25.5 Å². The molecule has 0 amide bonds. The molecule has 2 heteroatoms. The molecule has 0 fully saturated rings. The SMILES string of the molecule is Cc1cccc(C2C[C@H](N)c3ccccc3O2)c1. The number of fused-ring (bicyclic) bond motifs is 1. The van der Waals surface area contributed by atoms with Crippen LogP contribution in [-0.4, -0.2) is 0 Å². The van der Waals surface area contributed by atoms with Crippen LogP contribution >= 0.6 is 0 Å². The number of para-hydroxylation sites is 1. The number of benzene rings is 2. The van der Waals surface area contributed by atoms with Gasteiger partial charge < -0.3 is 10.5 Å². The summed E-state index contributed by atoms with van der Waals surface area (Å²) in [7, 11) is 0. The average molecular weight is 239 g/mol. The van der Waals surface area contributed by atoms with Crippen molar-refractivity contribution in [2.75, 3.05) is 0 Å². The minimum atomic E-state index is 0.0560. The molecular formula is C16H17NO. The zero-order valence-corrected chi connectivity index (χ0v) is 10.5. The standard InChI is InChI=1S/C16H17NO/c1-11-5-4-6-12(9-11)16-10-14(17)13-7-2-3-8-15(13)18-16/h2-9,14,16H,10,17H2,1H3/t14-,16?/m0/s1. The van der Waals surface area contributed by atoms with Crippen LogP contribution in [0.1, 0.15) is 35.3 Å². The molecule has 0 saturated carbocycles. The van der Waals surface area contributed by atoms with E-state index in [-0.39, 0.29) is 12.1 Å². The van der Waals surface area contributed by atoms with Crippen molar-refractivity contribution in [1.29, 1.82) is 0 Å². The van der Waals surface area contributed by atoms with E-state index in [9.17, 15) is 0 Å². The van der Waals surface area contributed by atoms with Crippen molar-refractivity contribution < 1.29 is 4.74 Å². The Hall–Kier alpha value is -1.80. The Morgan fingerprint density at radius 3 is 2.78 bits per heavy atom.